The normalized spacial score (nSPS) is 17.2. The number of hydrogen-bond donors (Lipinski definition) is 5. The van der Waals surface area contributed by atoms with E-state index in [1.54, 1.807) is 0 Å². The van der Waals surface area contributed by atoms with E-state index >= 15 is 0 Å². The zero-order chi connectivity index (χ0) is 9.78. The van der Waals surface area contributed by atoms with Crippen molar-refractivity contribution in [1.82, 2.24) is 5.32 Å². The predicted octanol–water partition coefficient (Wildman–Crippen LogP) is -1.64. The average molecular weight is 199 g/mol. The Morgan fingerprint density at radius 3 is 1.67 bits per heavy atom. The molecule has 0 bridgehead atoms. The second-order valence-corrected chi connectivity index (χ2v) is 3.23. The molecule has 0 aromatic rings. The molecule has 8 heteroatoms. The van der Waals surface area contributed by atoms with E-state index in [9.17, 15) is 4.79 Å². The van der Waals surface area contributed by atoms with E-state index in [2.05, 4.69) is 5.32 Å². The summed E-state index contributed by atoms with van der Waals surface area (Å²) in [5.74, 6) is -0.793. The van der Waals surface area contributed by atoms with Crippen molar-refractivity contribution in [2.45, 2.75) is 0 Å². The fourth-order valence-corrected chi connectivity index (χ4v) is 0.463. The molecule has 72 valence electrons. The molecular weight excluding hydrogens is 189 g/mol. The van der Waals surface area contributed by atoms with E-state index in [0.29, 0.717) is 13.1 Å². The van der Waals surface area contributed by atoms with Crippen LogP contribution in [-0.4, -0.2) is 38.8 Å². The Hall–Kier alpha value is -0.460. The Bertz CT molecular complexity index is 187. The second-order valence-electron chi connectivity index (χ2n) is 2.21. The highest BCUT2D eigenvalue weighted by Crippen LogP contribution is 2.25. The predicted molar refractivity (Wildman–Crippen MR) is 38.3 cm³/mol. The summed E-state index contributed by atoms with van der Waals surface area (Å²) in [5, 5.41) is 11.1. The SMILES string of the molecule is O=C(O)C1CNC1.O=P(O)(O)O. The van der Waals surface area contributed by atoms with Crippen molar-refractivity contribution in [2.75, 3.05) is 13.1 Å². The maximum atomic E-state index is 9.94. The van der Waals surface area contributed by atoms with Gasteiger partial charge in [0.05, 0.1) is 5.92 Å². The zero-order valence-electron chi connectivity index (χ0n) is 6.04. The lowest BCUT2D eigenvalue weighted by atomic mass is 10.1. The van der Waals surface area contributed by atoms with Gasteiger partial charge in [0.1, 0.15) is 0 Å². The van der Waals surface area contributed by atoms with Crippen LogP contribution in [0.1, 0.15) is 0 Å². The minimum atomic E-state index is -4.64. The third-order valence-corrected chi connectivity index (χ3v) is 1.13. The van der Waals surface area contributed by atoms with Crippen molar-refractivity contribution in [2.24, 2.45) is 5.92 Å². The number of hydrogen-bond acceptors (Lipinski definition) is 3. The molecule has 5 N–H and O–H groups in total. The van der Waals surface area contributed by atoms with Gasteiger partial charge in [-0.05, 0) is 0 Å². The standard InChI is InChI=1S/C4H7NO2.H3O4P/c6-4(7)3-1-5-2-3;1-5(2,3)4/h3,5H,1-2H2,(H,6,7);(H3,1,2,3,4). The first kappa shape index (κ1) is 11.5. The molecule has 1 aliphatic rings. The van der Waals surface area contributed by atoms with Crippen LogP contribution in [0.2, 0.25) is 0 Å². The second kappa shape index (κ2) is 4.54. The van der Waals surface area contributed by atoms with E-state index < -0.39 is 13.8 Å². The van der Waals surface area contributed by atoms with Crippen LogP contribution in [0.15, 0.2) is 0 Å². The lowest BCUT2D eigenvalue weighted by Gasteiger charge is -2.21. The molecule has 0 saturated carbocycles. The summed E-state index contributed by atoms with van der Waals surface area (Å²) in [7, 11) is -4.64. The van der Waals surface area contributed by atoms with Gasteiger partial charge in [-0.15, -0.1) is 0 Å². The molecule has 12 heavy (non-hydrogen) atoms. The molecule has 0 aromatic heterocycles. The summed E-state index contributed by atoms with van der Waals surface area (Å²) in [5.41, 5.74) is 0. The fourth-order valence-electron chi connectivity index (χ4n) is 0.463. The molecule has 0 aliphatic carbocycles. The molecule has 0 unspecified atom stereocenters. The van der Waals surface area contributed by atoms with Crippen molar-refractivity contribution in [3.05, 3.63) is 0 Å². The molecule has 0 amide bonds. The first-order chi connectivity index (χ1) is 5.30. The van der Waals surface area contributed by atoms with Gasteiger partial charge >= 0.3 is 13.8 Å². The van der Waals surface area contributed by atoms with Gasteiger partial charge in [0, 0.05) is 13.1 Å². The van der Waals surface area contributed by atoms with Gasteiger partial charge in [-0.1, -0.05) is 0 Å². The fraction of sp³-hybridized carbons (Fsp3) is 0.750. The molecule has 0 spiro atoms. The van der Waals surface area contributed by atoms with Crippen LogP contribution in [0, 0.1) is 5.92 Å². The van der Waals surface area contributed by atoms with E-state index in [0.717, 1.165) is 0 Å². The molecule has 1 aliphatic heterocycles. The highest BCUT2D eigenvalue weighted by molar-refractivity contribution is 7.45. The summed E-state index contributed by atoms with van der Waals surface area (Å²) in [6.07, 6.45) is 0. The van der Waals surface area contributed by atoms with Gasteiger partial charge in [0.2, 0.25) is 0 Å². The minimum absolute atomic E-state index is 0.111. The molecule has 1 heterocycles. The largest absolute Gasteiger partial charge is 0.481 e. The number of carboxylic acid groups (broad SMARTS) is 1. The summed E-state index contributed by atoms with van der Waals surface area (Å²) < 4.78 is 8.88. The van der Waals surface area contributed by atoms with Gasteiger partial charge < -0.3 is 25.1 Å². The third-order valence-electron chi connectivity index (χ3n) is 1.13. The minimum Gasteiger partial charge on any atom is -0.481 e. The van der Waals surface area contributed by atoms with Crippen molar-refractivity contribution in [1.29, 1.82) is 0 Å². The Morgan fingerprint density at radius 1 is 1.33 bits per heavy atom. The molecule has 1 saturated heterocycles. The first-order valence-corrected chi connectivity index (χ1v) is 4.59. The van der Waals surface area contributed by atoms with Crippen LogP contribution < -0.4 is 5.32 Å². The number of nitrogens with one attached hydrogen (secondary N) is 1. The molecule has 0 radical (unpaired) electrons. The van der Waals surface area contributed by atoms with Crippen molar-refractivity contribution in [3.8, 4) is 0 Å². The van der Waals surface area contributed by atoms with E-state index in [4.69, 9.17) is 24.4 Å². The smallest absolute Gasteiger partial charge is 0.466 e. The number of carboxylic acids is 1. The quantitative estimate of drug-likeness (QED) is 0.320. The van der Waals surface area contributed by atoms with Crippen molar-refractivity contribution < 1.29 is 29.1 Å². The van der Waals surface area contributed by atoms with Crippen LogP contribution in [0.3, 0.4) is 0 Å². The lowest BCUT2D eigenvalue weighted by molar-refractivity contribution is -0.143. The van der Waals surface area contributed by atoms with Crippen LogP contribution in [0.4, 0.5) is 0 Å². The Labute approximate surface area is 68.3 Å². The van der Waals surface area contributed by atoms with E-state index in [-0.39, 0.29) is 5.92 Å². The Morgan fingerprint density at radius 2 is 1.67 bits per heavy atom. The Balaban J connectivity index is 0.000000217. The number of phosphoric acid groups is 1. The van der Waals surface area contributed by atoms with Gasteiger partial charge in [0.25, 0.3) is 0 Å². The van der Waals surface area contributed by atoms with Crippen molar-refractivity contribution >= 4 is 13.8 Å². The zero-order valence-corrected chi connectivity index (χ0v) is 6.94. The number of rotatable bonds is 1. The maximum absolute atomic E-state index is 9.94. The molecule has 1 rings (SSSR count). The number of carbonyl (C=O) groups is 1. The van der Waals surface area contributed by atoms with Gasteiger partial charge in [-0.3, -0.25) is 4.79 Å². The van der Waals surface area contributed by atoms with Gasteiger partial charge in [-0.2, -0.15) is 0 Å². The topological polar surface area (TPSA) is 127 Å². The summed E-state index contributed by atoms with van der Waals surface area (Å²) in [6.45, 7) is 1.30. The molecule has 7 nitrogen and oxygen atoms in total. The monoisotopic (exact) mass is 199 g/mol. The number of aliphatic carboxylic acids is 1. The summed E-state index contributed by atoms with van der Waals surface area (Å²) in [6, 6.07) is 0. The highest BCUT2D eigenvalue weighted by atomic mass is 31.2. The third kappa shape index (κ3) is 7.64. The Kier molecular flexibility index (Phi) is 4.36. The molecular formula is C4H10NO6P. The van der Waals surface area contributed by atoms with Crippen LogP contribution in [0.5, 0.6) is 0 Å². The molecule has 0 atom stereocenters. The molecule has 1 fully saturated rings. The van der Waals surface area contributed by atoms with E-state index in [1.165, 1.54) is 0 Å². The maximum Gasteiger partial charge on any atom is 0.466 e. The molecule has 0 aromatic carbocycles. The highest BCUT2D eigenvalue weighted by Gasteiger charge is 2.23. The van der Waals surface area contributed by atoms with Gasteiger partial charge in [0.15, 0.2) is 0 Å². The summed E-state index contributed by atoms with van der Waals surface area (Å²) >= 11 is 0. The van der Waals surface area contributed by atoms with Crippen LogP contribution in [0.25, 0.3) is 0 Å². The van der Waals surface area contributed by atoms with Crippen molar-refractivity contribution in [3.63, 3.8) is 0 Å². The van der Waals surface area contributed by atoms with E-state index in [1.807, 2.05) is 0 Å². The van der Waals surface area contributed by atoms with Crippen LogP contribution in [-0.2, 0) is 9.36 Å². The van der Waals surface area contributed by atoms with Crippen LogP contribution >= 0.6 is 7.82 Å². The lowest BCUT2D eigenvalue weighted by Crippen LogP contribution is -2.46. The first-order valence-electron chi connectivity index (χ1n) is 3.02. The average Bonchev–Trinajstić information content (AvgIpc) is 1.49. The van der Waals surface area contributed by atoms with Gasteiger partial charge in [-0.25, -0.2) is 4.57 Å². The summed E-state index contributed by atoms with van der Waals surface area (Å²) in [4.78, 5) is 31.5.